The number of para-hydroxylation sites is 1. The number of hydrogen-bond acceptors (Lipinski definition) is 3. The van der Waals surface area contributed by atoms with Crippen molar-refractivity contribution < 1.29 is 14.0 Å². The van der Waals surface area contributed by atoms with Crippen LogP contribution in [0.5, 0.6) is 0 Å². The highest BCUT2D eigenvalue weighted by Crippen LogP contribution is 2.35. The third-order valence-corrected chi connectivity index (χ3v) is 6.22. The summed E-state index contributed by atoms with van der Waals surface area (Å²) in [5.41, 5.74) is 0.500. The maximum Gasteiger partial charge on any atom is 0.277 e. The molecule has 7 heteroatoms. The number of halogens is 2. The summed E-state index contributed by atoms with van der Waals surface area (Å²) in [4.78, 5) is 32.7. The molecule has 1 N–H and O–H groups in total. The molecule has 1 saturated carbocycles. The van der Waals surface area contributed by atoms with Crippen LogP contribution in [0.3, 0.4) is 0 Å². The SMILES string of the molecule is O=C(NC1CCCCC1)C(c1ccccc1Cl)N(C(=O)c1ccccn1)c1ccccc1F. The average molecular weight is 466 g/mol. The highest BCUT2D eigenvalue weighted by Gasteiger charge is 2.37. The Morgan fingerprint density at radius 1 is 0.970 bits per heavy atom. The fourth-order valence-electron chi connectivity index (χ4n) is 4.25. The molecule has 0 saturated heterocycles. The average Bonchev–Trinajstić information content (AvgIpc) is 2.84. The predicted molar refractivity (Wildman–Crippen MR) is 127 cm³/mol. The van der Waals surface area contributed by atoms with Gasteiger partial charge in [0.1, 0.15) is 17.6 Å². The number of hydrogen-bond donors (Lipinski definition) is 1. The number of benzene rings is 2. The van der Waals surface area contributed by atoms with Gasteiger partial charge >= 0.3 is 0 Å². The van der Waals surface area contributed by atoms with Crippen LogP contribution < -0.4 is 10.2 Å². The maximum atomic E-state index is 15.0. The van der Waals surface area contributed by atoms with Crippen LogP contribution >= 0.6 is 11.6 Å². The molecule has 5 nitrogen and oxygen atoms in total. The van der Waals surface area contributed by atoms with E-state index >= 15 is 4.39 Å². The predicted octanol–water partition coefficient (Wildman–Crippen LogP) is 5.71. The van der Waals surface area contributed by atoms with Gasteiger partial charge < -0.3 is 5.32 Å². The number of anilines is 1. The summed E-state index contributed by atoms with van der Waals surface area (Å²) >= 11 is 6.50. The molecule has 1 aromatic heterocycles. The van der Waals surface area contributed by atoms with Gasteiger partial charge in [0, 0.05) is 22.8 Å². The molecule has 2 amide bonds. The second-order valence-corrected chi connectivity index (χ2v) is 8.52. The molecule has 0 radical (unpaired) electrons. The van der Waals surface area contributed by atoms with Gasteiger partial charge in [-0.25, -0.2) is 4.39 Å². The number of pyridine rings is 1. The molecular formula is C26H25ClFN3O2. The molecule has 1 heterocycles. The van der Waals surface area contributed by atoms with E-state index in [1.54, 1.807) is 48.5 Å². The van der Waals surface area contributed by atoms with Crippen LogP contribution in [-0.4, -0.2) is 22.8 Å². The molecule has 1 aliphatic rings. The molecule has 1 fully saturated rings. The van der Waals surface area contributed by atoms with Crippen molar-refractivity contribution in [3.8, 4) is 0 Å². The molecular weight excluding hydrogens is 441 g/mol. The van der Waals surface area contributed by atoms with Gasteiger partial charge in [-0.05, 0) is 43.2 Å². The second kappa shape index (κ2) is 10.6. The zero-order valence-electron chi connectivity index (χ0n) is 18.1. The van der Waals surface area contributed by atoms with E-state index in [2.05, 4.69) is 10.3 Å². The Morgan fingerprint density at radius 3 is 2.36 bits per heavy atom. The molecule has 0 aliphatic heterocycles. The Kier molecular flexibility index (Phi) is 7.35. The number of carbonyl (C=O) groups is 2. The van der Waals surface area contributed by atoms with Crippen molar-refractivity contribution in [3.05, 3.63) is 95.0 Å². The summed E-state index contributed by atoms with van der Waals surface area (Å²) in [6.45, 7) is 0. The van der Waals surface area contributed by atoms with Crippen LogP contribution in [0.15, 0.2) is 72.9 Å². The third kappa shape index (κ3) is 5.22. The Hall–Kier alpha value is -3.25. The van der Waals surface area contributed by atoms with Gasteiger partial charge in [-0.15, -0.1) is 0 Å². The fourth-order valence-corrected chi connectivity index (χ4v) is 4.49. The van der Waals surface area contributed by atoms with Crippen molar-refractivity contribution in [1.29, 1.82) is 0 Å². The number of amides is 2. The molecule has 0 bridgehead atoms. The highest BCUT2D eigenvalue weighted by atomic mass is 35.5. The second-order valence-electron chi connectivity index (χ2n) is 8.11. The molecule has 1 atom stereocenters. The minimum atomic E-state index is -1.17. The maximum absolute atomic E-state index is 15.0. The number of nitrogens with one attached hydrogen (secondary N) is 1. The monoisotopic (exact) mass is 465 g/mol. The first-order valence-electron chi connectivity index (χ1n) is 11.1. The molecule has 0 spiro atoms. The van der Waals surface area contributed by atoms with Gasteiger partial charge in [-0.2, -0.15) is 0 Å². The molecule has 2 aromatic carbocycles. The van der Waals surface area contributed by atoms with Crippen molar-refractivity contribution in [2.45, 2.75) is 44.2 Å². The Balaban J connectivity index is 1.83. The van der Waals surface area contributed by atoms with Gasteiger partial charge in [0.2, 0.25) is 5.91 Å². The molecule has 170 valence electrons. The summed E-state index contributed by atoms with van der Waals surface area (Å²) in [5, 5.41) is 3.40. The van der Waals surface area contributed by atoms with Gasteiger partial charge in [0.05, 0.1) is 5.69 Å². The zero-order valence-corrected chi connectivity index (χ0v) is 18.8. The first kappa shape index (κ1) is 22.9. The normalized spacial score (nSPS) is 15.0. The Morgan fingerprint density at radius 2 is 1.67 bits per heavy atom. The van der Waals surface area contributed by atoms with Crippen LogP contribution in [0.4, 0.5) is 10.1 Å². The molecule has 4 rings (SSSR count). The van der Waals surface area contributed by atoms with Crippen LogP contribution in [0.2, 0.25) is 5.02 Å². The van der Waals surface area contributed by atoms with Crippen molar-refractivity contribution >= 4 is 29.1 Å². The molecule has 1 aliphatic carbocycles. The summed E-state index contributed by atoms with van der Waals surface area (Å²) in [5.74, 6) is -1.61. The Labute approximate surface area is 197 Å². The zero-order chi connectivity index (χ0) is 23.2. The molecule has 1 unspecified atom stereocenters. The van der Waals surface area contributed by atoms with E-state index in [-0.39, 0.29) is 17.4 Å². The van der Waals surface area contributed by atoms with Crippen molar-refractivity contribution in [2.24, 2.45) is 0 Å². The summed E-state index contributed by atoms with van der Waals surface area (Å²) in [7, 11) is 0. The van der Waals surface area contributed by atoms with Gasteiger partial charge in [-0.3, -0.25) is 19.5 Å². The van der Waals surface area contributed by atoms with Crippen LogP contribution in [0, 0.1) is 5.82 Å². The number of rotatable bonds is 6. The lowest BCUT2D eigenvalue weighted by atomic mass is 9.94. The lowest BCUT2D eigenvalue weighted by Gasteiger charge is -2.33. The Bertz CT molecular complexity index is 1120. The van der Waals surface area contributed by atoms with E-state index in [0.29, 0.717) is 10.6 Å². The van der Waals surface area contributed by atoms with Crippen molar-refractivity contribution in [2.75, 3.05) is 4.90 Å². The number of aromatic nitrogens is 1. The van der Waals surface area contributed by atoms with E-state index in [1.165, 1.54) is 24.4 Å². The quantitative estimate of drug-likeness (QED) is 0.507. The standard InChI is InChI=1S/C26H25ClFN3O2/c27-20-13-5-4-12-19(20)24(25(32)30-18-10-2-1-3-11-18)31(23-16-7-6-14-21(23)28)26(33)22-15-8-9-17-29-22/h4-9,12-18,24H,1-3,10-11H2,(H,30,32). The minimum Gasteiger partial charge on any atom is -0.351 e. The number of nitrogens with zero attached hydrogens (tertiary/aromatic N) is 2. The lowest BCUT2D eigenvalue weighted by molar-refractivity contribution is -0.123. The van der Waals surface area contributed by atoms with E-state index in [4.69, 9.17) is 11.6 Å². The first-order valence-corrected chi connectivity index (χ1v) is 11.5. The molecule has 33 heavy (non-hydrogen) atoms. The molecule has 3 aromatic rings. The third-order valence-electron chi connectivity index (χ3n) is 5.87. The van der Waals surface area contributed by atoms with E-state index < -0.39 is 23.7 Å². The van der Waals surface area contributed by atoms with E-state index in [1.807, 2.05) is 0 Å². The summed E-state index contributed by atoms with van der Waals surface area (Å²) < 4.78 is 15.0. The first-order chi connectivity index (χ1) is 16.1. The minimum absolute atomic E-state index is 0.00339. The van der Waals surface area contributed by atoms with Crippen LogP contribution in [-0.2, 0) is 4.79 Å². The number of carbonyl (C=O) groups excluding carboxylic acids is 2. The van der Waals surface area contributed by atoms with Crippen LogP contribution in [0.25, 0.3) is 0 Å². The topological polar surface area (TPSA) is 62.3 Å². The van der Waals surface area contributed by atoms with Crippen LogP contribution in [0.1, 0.15) is 54.2 Å². The van der Waals surface area contributed by atoms with Gasteiger partial charge in [0.25, 0.3) is 5.91 Å². The van der Waals surface area contributed by atoms with Gasteiger partial charge in [0.15, 0.2) is 0 Å². The van der Waals surface area contributed by atoms with E-state index in [9.17, 15) is 9.59 Å². The summed E-state index contributed by atoms with van der Waals surface area (Å²) in [6.07, 6.45) is 6.43. The largest absolute Gasteiger partial charge is 0.351 e. The van der Waals surface area contributed by atoms with Crippen molar-refractivity contribution in [3.63, 3.8) is 0 Å². The van der Waals surface area contributed by atoms with Crippen molar-refractivity contribution in [1.82, 2.24) is 10.3 Å². The van der Waals surface area contributed by atoms with Gasteiger partial charge in [-0.1, -0.05) is 67.3 Å². The lowest BCUT2D eigenvalue weighted by Crippen LogP contribution is -2.47. The smallest absolute Gasteiger partial charge is 0.277 e. The fraction of sp³-hybridized carbons (Fsp3) is 0.269. The summed E-state index contributed by atoms with van der Waals surface area (Å²) in [6, 6.07) is 16.5. The highest BCUT2D eigenvalue weighted by molar-refractivity contribution is 6.31. The van der Waals surface area contributed by atoms with E-state index in [0.717, 1.165) is 37.0 Å².